The Hall–Kier alpha value is -2.77. The van der Waals surface area contributed by atoms with Gasteiger partial charge in [-0.3, -0.25) is 9.59 Å². The number of cyclic esters (lactones) is 1. The summed E-state index contributed by atoms with van der Waals surface area (Å²) in [6.45, 7) is 0.899. The smallest absolute Gasteiger partial charge is 0.318 e. The predicted molar refractivity (Wildman–Crippen MR) is 111 cm³/mol. The Morgan fingerprint density at radius 2 is 2.00 bits per heavy atom. The van der Waals surface area contributed by atoms with Crippen LogP contribution in [0.4, 0.5) is 0 Å². The Bertz CT molecular complexity index is 1010. The maximum Gasteiger partial charge on any atom is 0.318 e. The molecular formula is C22H23ClN2O5. The molecule has 1 spiro atoms. The van der Waals surface area contributed by atoms with E-state index in [1.54, 1.807) is 43.4 Å². The highest BCUT2D eigenvalue weighted by Crippen LogP contribution is 2.45. The number of amides is 1. The fraction of sp³-hybridized carbons (Fsp3) is 0.364. The van der Waals surface area contributed by atoms with Crippen LogP contribution in [0.25, 0.3) is 0 Å². The van der Waals surface area contributed by atoms with E-state index in [1.807, 2.05) is 12.1 Å². The molecule has 158 valence electrons. The number of nitrogens with two attached hydrogens (primary N) is 1. The molecule has 1 unspecified atom stereocenters. The van der Waals surface area contributed by atoms with Crippen LogP contribution < -0.4 is 15.2 Å². The largest absolute Gasteiger partial charge is 0.497 e. The van der Waals surface area contributed by atoms with Crippen molar-refractivity contribution >= 4 is 23.5 Å². The SMILES string of the molecule is COc1ccc(CN2CC3(C(=O)OC[C@@H]3CN)c3cc(Cl)ccc3C2=O)c(OC)c1. The molecule has 0 bridgehead atoms. The Kier molecular flexibility index (Phi) is 5.34. The van der Waals surface area contributed by atoms with Crippen LogP contribution in [-0.4, -0.2) is 50.7 Å². The van der Waals surface area contributed by atoms with Crippen molar-refractivity contribution in [2.24, 2.45) is 11.7 Å². The van der Waals surface area contributed by atoms with Gasteiger partial charge in [0.2, 0.25) is 0 Å². The van der Waals surface area contributed by atoms with Gasteiger partial charge in [-0.05, 0) is 42.4 Å². The lowest BCUT2D eigenvalue weighted by Gasteiger charge is -2.42. The molecule has 1 amide bonds. The summed E-state index contributed by atoms with van der Waals surface area (Å²) in [5, 5.41) is 0.460. The van der Waals surface area contributed by atoms with Crippen molar-refractivity contribution in [2.45, 2.75) is 12.0 Å². The first-order valence-electron chi connectivity index (χ1n) is 9.62. The van der Waals surface area contributed by atoms with Gasteiger partial charge < -0.3 is 24.8 Å². The number of methoxy groups -OCH3 is 2. The minimum absolute atomic E-state index is 0.162. The van der Waals surface area contributed by atoms with Gasteiger partial charge in [-0.25, -0.2) is 0 Å². The molecule has 2 aliphatic heterocycles. The first-order chi connectivity index (χ1) is 14.4. The van der Waals surface area contributed by atoms with Crippen molar-refractivity contribution in [1.82, 2.24) is 4.90 Å². The lowest BCUT2D eigenvalue weighted by atomic mass is 9.68. The Labute approximate surface area is 179 Å². The van der Waals surface area contributed by atoms with Gasteiger partial charge in [0.05, 0.1) is 20.8 Å². The number of esters is 1. The monoisotopic (exact) mass is 430 g/mol. The average molecular weight is 431 g/mol. The number of benzene rings is 2. The van der Waals surface area contributed by atoms with Crippen LogP contribution in [0.3, 0.4) is 0 Å². The number of ether oxygens (including phenoxy) is 3. The zero-order chi connectivity index (χ0) is 21.5. The van der Waals surface area contributed by atoms with E-state index in [2.05, 4.69) is 0 Å². The highest BCUT2D eigenvalue weighted by Gasteiger charge is 2.58. The average Bonchev–Trinajstić information content (AvgIpc) is 3.07. The van der Waals surface area contributed by atoms with Crippen molar-refractivity contribution in [2.75, 3.05) is 33.9 Å². The first kappa shape index (κ1) is 20.5. The number of rotatable bonds is 5. The molecule has 0 radical (unpaired) electrons. The van der Waals surface area contributed by atoms with E-state index >= 15 is 0 Å². The molecule has 2 atom stereocenters. The molecule has 0 aliphatic carbocycles. The van der Waals surface area contributed by atoms with Crippen molar-refractivity contribution < 1.29 is 23.8 Å². The lowest BCUT2D eigenvalue weighted by molar-refractivity contribution is -0.143. The molecule has 8 heteroatoms. The summed E-state index contributed by atoms with van der Waals surface area (Å²) in [7, 11) is 3.14. The van der Waals surface area contributed by atoms with Crippen LogP contribution in [0, 0.1) is 5.92 Å². The number of halogens is 1. The van der Waals surface area contributed by atoms with E-state index in [0.717, 1.165) is 5.56 Å². The van der Waals surface area contributed by atoms with Crippen molar-refractivity contribution in [3.8, 4) is 11.5 Å². The highest BCUT2D eigenvalue weighted by atomic mass is 35.5. The van der Waals surface area contributed by atoms with Crippen molar-refractivity contribution in [1.29, 1.82) is 0 Å². The second-order valence-electron chi connectivity index (χ2n) is 7.53. The Morgan fingerprint density at radius 1 is 1.20 bits per heavy atom. The summed E-state index contributed by atoms with van der Waals surface area (Å²) in [5.74, 6) is 0.443. The quantitative estimate of drug-likeness (QED) is 0.732. The van der Waals surface area contributed by atoms with Gasteiger partial charge in [-0.2, -0.15) is 0 Å². The molecule has 2 heterocycles. The third kappa shape index (κ3) is 3.09. The topological polar surface area (TPSA) is 91.1 Å². The zero-order valence-electron chi connectivity index (χ0n) is 16.8. The van der Waals surface area contributed by atoms with Gasteiger partial charge in [0, 0.05) is 41.2 Å². The molecule has 2 aromatic carbocycles. The minimum atomic E-state index is -1.04. The van der Waals surface area contributed by atoms with E-state index in [-0.39, 0.29) is 44.0 Å². The van der Waals surface area contributed by atoms with Gasteiger partial charge in [0.15, 0.2) is 0 Å². The molecule has 2 aromatic rings. The minimum Gasteiger partial charge on any atom is -0.497 e. The van der Waals surface area contributed by atoms with Gasteiger partial charge in [-0.1, -0.05) is 11.6 Å². The lowest BCUT2D eigenvalue weighted by Crippen LogP contribution is -2.55. The number of fused-ring (bicyclic) bond motifs is 2. The number of carbonyl (C=O) groups is 2. The second kappa shape index (κ2) is 7.81. The zero-order valence-corrected chi connectivity index (χ0v) is 17.6. The van der Waals surface area contributed by atoms with Crippen LogP contribution in [0.1, 0.15) is 21.5 Å². The fourth-order valence-corrected chi connectivity index (χ4v) is 4.60. The van der Waals surface area contributed by atoms with Crippen LogP contribution in [-0.2, 0) is 21.5 Å². The standard InChI is InChI=1S/C22H23ClN2O5/c1-28-16-5-3-13(19(8-16)29-2)10-25-12-22(14(9-24)11-30-21(22)27)18-7-15(23)4-6-17(18)20(25)26/h3-8,14H,9-12,24H2,1-2H3/t14-,22?/m0/s1. The molecule has 2 N–H and O–H groups in total. The number of carbonyl (C=O) groups excluding carboxylic acids is 2. The molecular weight excluding hydrogens is 408 g/mol. The second-order valence-corrected chi connectivity index (χ2v) is 7.97. The van der Waals surface area contributed by atoms with Gasteiger partial charge in [0.25, 0.3) is 5.91 Å². The van der Waals surface area contributed by atoms with Crippen LogP contribution >= 0.6 is 11.6 Å². The summed E-state index contributed by atoms with van der Waals surface area (Å²) >= 11 is 6.22. The number of hydrogen-bond donors (Lipinski definition) is 1. The number of hydrogen-bond acceptors (Lipinski definition) is 6. The van der Waals surface area contributed by atoms with Crippen LogP contribution in [0.2, 0.25) is 5.02 Å². The maximum atomic E-state index is 13.3. The van der Waals surface area contributed by atoms with Gasteiger partial charge in [0.1, 0.15) is 16.9 Å². The summed E-state index contributed by atoms with van der Waals surface area (Å²) in [5.41, 5.74) is 6.80. The summed E-state index contributed by atoms with van der Waals surface area (Å²) in [4.78, 5) is 28.0. The Balaban J connectivity index is 1.80. The normalized spacial score (nSPS) is 22.8. The molecule has 0 aromatic heterocycles. The van der Waals surface area contributed by atoms with Gasteiger partial charge >= 0.3 is 5.97 Å². The van der Waals surface area contributed by atoms with E-state index in [0.29, 0.717) is 27.6 Å². The van der Waals surface area contributed by atoms with Gasteiger partial charge in [-0.15, -0.1) is 0 Å². The first-order valence-corrected chi connectivity index (χ1v) is 10.00. The molecule has 7 nitrogen and oxygen atoms in total. The maximum absolute atomic E-state index is 13.3. The third-order valence-electron chi connectivity index (χ3n) is 6.04. The van der Waals surface area contributed by atoms with E-state index < -0.39 is 5.41 Å². The van der Waals surface area contributed by atoms with E-state index in [4.69, 9.17) is 31.5 Å². The molecule has 30 heavy (non-hydrogen) atoms. The molecule has 1 saturated heterocycles. The fourth-order valence-electron chi connectivity index (χ4n) is 4.42. The molecule has 2 aliphatic rings. The van der Waals surface area contributed by atoms with E-state index in [9.17, 15) is 9.59 Å². The van der Waals surface area contributed by atoms with Crippen molar-refractivity contribution in [3.63, 3.8) is 0 Å². The molecule has 1 fully saturated rings. The predicted octanol–water partition coefficient (Wildman–Crippen LogP) is 2.38. The molecule has 4 rings (SSSR count). The van der Waals surface area contributed by atoms with Crippen LogP contribution in [0.5, 0.6) is 11.5 Å². The molecule has 0 saturated carbocycles. The highest BCUT2D eigenvalue weighted by molar-refractivity contribution is 6.30. The summed E-state index contributed by atoms with van der Waals surface area (Å²) in [6.07, 6.45) is 0. The third-order valence-corrected chi connectivity index (χ3v) is 6.27. The van der Waals surface area contributed by atoms with Crippen LogP contribution in [0.15, 0.2) is 36.4 Å². The van der Waals surface area contributed by atoms with Crippen molar-refractivity contribution in [3.05, 3.63) is 58.1 Å². The summed E-state index contributed by atoms with van der Waals surface area (Å²) in [6, 6.07) is 10.4. The summed E-state index contributed by atoms with van der Waals surface area (Å²) < 4.78 is 16.1. The Morgan fingerprint density at radius 3 is 2.70 bits per heavy atom. The van der Waals surface area contributed by atoms with E-state index in [1.165, 1.54) is 0 Å². The number of nitrogens with zero attached hydrogens (tertiary/aromatic N) is 1.